The molecule has 0 aromatic heterocycles. The molecule has 1 unspecified atom stereocenters. The number of rotatable bonds is 4. The standard InChI is InChI=1S/C12H16FNO2/c1-7(2)16-9-4-5-10(11(13)6-9)12(15)8(3)14/h4-8H,14H2,1-3H3. The molecule has 1 rings (SSSR count). The molecule has 0 saturated heterocycles. The lowest BCUT2D eigenvalue weighted by Gasteiger charge is -2.11. The van der Waals surface area contributed by atoms with Crippen molar-refractivity contribution in [3.8, 4) is 5.75 Å². The topological polar surface area (TPSA) is 52.3 Å². The Hall–Kier alpha value is -1.42. The number of hydrogen-bond acceptors (Lipinski definition) is 3. The van der Waals surface area contributed by atoms with E-state index in [1.54, 1.807) is 6.07 Å². The van der Waals surface area contributed by atoms with Crippen molar-refractivity contribution >= 4 is 5.78 Å². The van der Waals surface area contributed by atoms with Gasteiger partial charge in [0.25, 0.3) is 0 Å². The van der Waals surface area contributed by atoms with Gasteiger partial charge in [-0.1, -0.05) is 0 Å². The maximum atomic E-state index is 13.6. The Labute approximate surface area is 94.4 Å². The molecule has 0 radical (unpaired) electrons. The van der Waals surface area contributed by atoms with Gasteiger partial charge in [0, 0.05) is 6.07 Å². The zero-order chi connectivity index (χ0) is 12.3. The maximum absolute atomic E-state index is 13.6. The van der Waals surface area contributed by atoms with Crippen LogP contribution in [0.1, 0.15) is 31.1 Å². The smallest absolute Gasteiger partial charge is 0.182 e. The van der Waals surface area contributed by atoms with Gasteiger partial charge in [-0.2, -0.15) is 0 Å². The first-order valence-corrected chi connectivity index (χ1v) is 5.18. The lowest BCUT2D eigenvalue weighted by molar-refractivity contribution is 0.0964. The van der Waals surface area contributed by atoms with E-state index in [0.29, 0.717) is 5.75 Å². The summed E-state index contributed by atoms with van der Waals surface area (Å²) in [4.78, 5) is 11.5. The van der Waals surface area contributed by atoms with E-state index in [9.17, 15) is 9.18 Å². The second kappa shape index (κ2) is 5.07. The first-order valence-electron chi connectivity index (χ1n) is 5.18. The highest BCUT2D eigenvalue weighted by molar-refractivity contribution is 6.00. The molecule has 0 aliphatic rings. The van der Waals surface area contributed by atoms with Crippen LogP contribution in [-0.4, -0.2) is 17.9 Å². The summed E-state index contributed by atoms with van der Waals surface area (Å²) < 4.78 is 18.9. The van der Waals surface area contributed by atoms with E-state index in [0.717, 1.165) is 0 Å². The Balaban J connectivity index is 2.96. The van der Waals surface area contributed by atoms with E-state index < -0.39 is 17.6 Å². The molecule has 0 aliphatic heterocycles. The molecule has 0 bridgehead atoms. The summed E-state index contributed by atoms with van der Waals surface area (Å²) in [6, 6.07) is 3.47. The molecule has 1 aromatic rings. The molecular weight excluding hydrogens is 209 g/mol. The highest BCUT2D eigenvalue weighted by Gasteiger charge is 2.16. The fourth-order valence-corrected chi connectivity index (χ4v) is 1.29. The minimum atomic E-state index is -0.702. The van der Waals surface area contributed by atoms with Gasteiger partial charge in [-0.25, -0.2) is 4.39 Å². The van der Waals surface area contributed by atoms with E-state index in [1.165, 1.54) is 19.1 Å². The number of nitrogens with two attached hydrogens (primary N) is 1. The number of carbonyl (C=O) groups is 1. The second-order valence-electron chi connectivity index (χ2n) is 3.96. The van der Waals surface area contributed by atoms with E-state index in [4.69, 9.17) is 10.5 Å². The molecule has 4 heteroatoms. The second-order valence-corrected chi connectivity index (χ2v) is 3.96. The summed E-state index contributed by atoms with van der Waals surface area (Å²) in [6.07, 6.45) is -0.0330. The third-order valence-electron chi connectivity index (χ3n) is 1.99. The van der Waals surface area contributed by atoms with Crippen molar-refractivity contribution in [2.75, 3.05) is 0 Å². The van der Waals surface area contributed by atoms with Gasteiger partial charge in [0.05, 0.1) is 17.7 Å². The number of carbonyl (C=O) groups excluding carboxylic acids is 1. The lowest BCUT2D eigenvalue weighted by atomic mass is 10.1. The Morgan fingerprint density at radius 1 is 1.38 bits per heavy atom. The summed E-state index contributed by atoms with van der Waals surface area (Å²) in [5, 5.41) is 0. The number of ketones is 1. The predicted octanol–water partition coefficient (Wildman–Crippen LogP) is 2.14. The average Bonchev–Trinajstić information content (AvgIpc) is 2.15. The zero-order valence-electron chi connectivity index (χ0n) is 9.66. The number of halogens is 1. The first kappa shape index (κ1) is 12.6. The van der Waals surface area contributed by atoms with Gasteiger partial charge in [-0.15, -0.1) is 0 Å². The number of Topliss-reactive ketones (excluding diaryl/α,β-unsaturated/α-hetero) is 1. The number of hydrogen-bond donors (Lipinski definition) is 1. The SMILES string of the molecule is CC(C)Oc1ccc(C(=O)C(C)N)c(F)c1. The summed E-state index contributed by atoms with van der Waals surface area (Å²) in [5.74, 6) is -0.595. The first-order chi connectivity index (χ1) is 7.41. The van der Waals surface area contributed by atoms with Crippen LogP contribution in [0.3, 0.4) is 0 Å². The number of ether oxygens (including phenoxy) is 1. The Kier molecular flexibility index (Phi) is 4.01. The van der Waals surface area contributed by atoms with Gasteiger partial charge >= 0.3 is 0 Å². The van der Waals surface area contributed by atoms with Crippen molar-refractivity contribution in [2.45, 2.75) is 32.9 Å². The largest absolute Gasteiger partial charge is 0.491 e. The average molecular weight is 225 g/mol. The van der Waals surface area contributed by atoms with Crippen molar-refractivity contribution in [3.05, 3.63) is 29.6 Å². The van der Waals surface area contributed by atoms with Crippen molar-refractivity contribution < 1.29 is 13.9 Å². The highest BCUT2D eigenvalue weighted by Crippen LogP contribution is 2.18. The van der Waals surface area contributed by atoms with Crippen LogP contribution in [0.5, 0.6) is 5.75 Å². The van der Waals surface area contributed by atoms with Crippen molar-refractivity contribution in [3.63, 3.8) is 0 Å². The molecule has 0 amide bonds. The molecule has 16 heavy (non-hydrogen) atoms. The van der Waals surface area contributed by atoms with E-state index in [2.05, 4.69) is 0 Å². The molecule has 0 saturated carbocycles. The summed E-state index contributed by atoms with van der Waals surface area (Å²) in [5.41, 5.74) is 5.41. The van der Waals surface area contributed by atoms with Gasteiger partial charge in [0.2, 0.25) is 0 Å². The van der Waals surface area contributed by atoms with Crippen LogP contribution in [0.25, 0.3) is 0 Å². The van der Waals surface area contributed by atoms with E-state index in [-0.39, 0.29) is 11.7 Å². The Morgan fingerprint density at radius 2 is 2.00 bits per heavy atom. The summed E-state index contributed by atoms with van der Waals surface area (Å²) >= 11 is 0. The van der Waals surface area contributed by atoms with Gasteiger partial charge in [0.15, 0.2) is 5.78 Å². The fourth-order valence-electron chi connectivity index (χ4n) is 1.29. The van der Waals surface area contributed by atoms with Gasteiger partial charge < -0.3 is 10.5 Å². The minimum absolute atomic E-state index is 0.00565. The highest BCUT2D eigenvalue weighted by atomic mass is 19.1. The fraction of sp³-hybridized carbons (Fsp3) is 0.417. The molecule has 0 heterocycles. The molecular formula is C12H16FNO2. The zero-order valence-corrected chi connectivity index (χ0v) is 9.66. The third kappa shape index (κ3) is 3.03. The molecule has 88 valence electrons. The van der Waals surface area contributed by atoms with Gasteiger partial charge in [0.1, 0.15) is 11.6 Å². The van der Waals surface area contributed by atoms with Crippen LogP contribution < -0.4 is 10.5 Å². The summed E-state index contributed by atoms with van der Waals surface area (Å²) in [7, 11) is 0. The maximum Gasteiger partial charge on any atom is 0.182 e. The molecule has 2 N–H and O–H groups in total. The molecule has 0 spiro atoms. The van der Waals surface area contributed by atoms with Crippen LogP contribution in [-0.2, 0) is 0 Å². The predicted molar refractivity (Wildman–Crippen MR) is 60.1 cm³/mol. The van der Waals surface area contributed by atoms with Crippen LogP contribution in [0.15, 0.2) is 18.2 Å². The monoisotopic (exact) mass is 225 g/mol. The van der Waals surface area contributed by atoms with E-state index >= 15 is 0 Å². The number of benzene rings is 1. The van der Waals surface area contributed by atoms with Gasteiger partial charge in [-0.3, -0.25) is 4.79 Å². The molecule has 1 aromatic carbocycles. The molecule has 3 nitrogen and oxygen atoms in total. The van der Waals surface area contributed by atoms with E-state index in [1.807, 2.05) is 13.8 Å². The third-order valence-corrected chi connectivity index (χ3v) is 1.99. The molecule has 1 atom stereocenters. The van der Waals surface area contributed by atoms with Crippen LogP contribution in [0.4, 0.5) is 4.39 Å². The Bertz CT molecular complexity index is 389. The normalized spacial score (nSPS) is 12.6. The van der Waals surface area contributed by atoms with Crippen LogP contribution in [0.2, 0.25) is 0 Å². The van der Waals surface area contributed by atoms with Crippen LogP contribution >= 0.6 is 0 Å². The van der Waals surface area contributed by atoms with Crippen molar-refractivity contribution in [1.29, 1.82) is 0 Å². The Morgan fingerprint density at radius 3 is 2.44 bits per heavy atom. The minimum Gasteiger partial charge on any atom is -0.491 e. The van der Waals surface area contributed by atoms with Crippen molar-refractivity contribution in [2.24, 2.45) is 5.73 Å². The molecule has 0 aliphatic carbocycles. The van der Waals surface area contributed by atoms with Crippen LogP contribution in [0, 0.1) is 5.82 Å². The van der Waals surface area contributed by atoms with Crippen molar-refractivity contribution in [1.82, 2.24) is 0 Å². The quantitative estimate of drug-likeness (QED) is 0.799. The lowest BCUT2D eigenvalue weighted by Crippen LogP contribution is -2.27. The van der Waals surface area contributed by atoms with Gasteiger partial charge in [-0.05, 0) is 32.9 Å². The summed E-state index contributed by atoms with van der Waals surface area (Å²) in [6.45, 7) is 5.22. The molecule has 0 fully saturated rings.